The van der Waals surface area contributed by atoms with Crippen LogP contribution in [0.15, 0.2) is 82.3 Å². The molecule has 3 aromatic heterocycles. The molecule has 0 amide bonds. The van der Waals surface area contributed by atoms with Crippen molar-refractivity contribution in [2.45, 2.75) is 31.7 Å². The van der Waals surface area contributed by atoms with Crippen molar-refractivity contribution < 1.29 is 4.42 Å². The Morgan fingerprint density at radius 3 is 2.59 bits per heavy atom. The van der Waals surface area contributed by atoms with Gasteiger partial charge in [-0.3, -0.25) is 19.7 Å². The van der Waals surface area contributed by atoms with Gasteiger partial charge in [0.1, 0.15) is 11.5 Å². The topological polar surface area (TPSA) is 87.0 Å². The predicted molar refractivity (Wildman–Crippen MR) is 132 cm³/mol. The number of nitrogens with zero attached hydrogens (tertiary/aromatic N) is 3. The molecule has 1 aliphatic rings. The van der Waals surface area contributed by atoms with Crippen LogP contribution in [-0.2, 0) is 13.0 Å². The molecule has 1 aromatic carbocycles. The van der Waals surface area contributed by atoms with Crippen molar-refractivity contribution in [1.82, 2.24) is 19.9 Å². The van der Waals surface area contributed by atoms with Crippen LogP contribution in [0, 0.1) is 6.92 Å². The van der Waals surface area contributed by atoms with Crippen LogP contribution >= 0.6 is 0 Å². The fourth-order valence-electron chi connectivity index (χ4n) is 4.72. The number of likely N-dealkylation sites (tertiary alicyclic amines) is 1. The number of rotatable bonds is 8. The average molecular weight is 456 g/mol. The van der Waals surface area contributed by atoms with Gasteiger partial charge in [0.25, 0.3) is 5.56 Å². The average Bonchev–Trinajstić information content (AvgIpc) is 3.46. The minimum absolute atomic E-state index is 0.0670. The monoisotopic (exact) mass is 455 g/mol. The number of pyridine rings is 1. The van der Waals surface area contributed by atoms with E-state index in [0.717, 1.165) is 43.3 Å². The summed E-state index contributed by atoms with van der Waals surface area (Å²) in [6.45, 7) is 5.15. The zero-order chi connectivity index (χ0) is 23.3. The minimum atomic E-state index is -0.146. The van der Waals surface area contributed by atoms with E-state index in [4.69, 9.17) is 9.40 Å². The number of benzene rings is 1. The molecule has 4 aromatic rings. The summed E-state index contributed by atoms with van der Waals surface area (Å²) in [7, 11) is 0. The number of furan rings is 1. The Balaban J connectivity index is 1.36. The van der Waals surface area contributed by atoms with Gasteiger partial charge < -0.3 is 9.73 Å². The molecule has 1 fully saturated rings. The Hall–Kier alpha value is -3.71. The largest absolute Gasteiger partial charge is 0.466 e. The van der Waals surface area contributed by atoms with Crippen molar-refractivity contribution in [2.75, 3.05) is 25.0 Å². The predicted octanol–water partition coefficient (Wildman–Crippen LogP) is 4.10. The van der Waals surface area contributed by atoms with Crippen molar-refractivity contribution in [3.8, 4) is 0 Å². The molecular weight excluding hydrogens is 426 g/mol. The number of aryl methyl sites for hydroxylation is 1. The van der Waals surface area contributed by atoms with Crippen LogP contribution < -0.4 is 10.9 Å². The second kappa shape index (κ2) is 10.1. The number of H-pyrrole nitrogens is 1. The quantitative estimate of drug-likeness (QED) is 0.416. The van der Waals surface area contributed by atoms with Gasteiger partial charge in [-0.15, -0.1) is 0 Å². The van der Waals surface area contributed by atoms with E-state index >= 15 is 0 Å². The molecule has 5 rings (SSSR count). The summed E-state index contributed by atoms with van der Waals surface area (Å²) < 4.78 is 6.03. The van der Waals surface area contributed by atoms with E-state index in [1.54, 1.807) is 18.5 Å². The SMILES string of the molecule is Cc1ccc([C@H]2CN(Cc3ccccc3)C[C@@H]2c2cc(=O)[nH]c(NCCc3ccncc3)n2)o1. The number of hydrogen-bond donors (Lipinski definition) is 2. The van der Waals surface area contributed by atoms with E-state index in [1.165, 1.54) is 11.1 Å². The van der Waals surface area contributed by atoms with Crippen molar-refractivity contribution in [1.29, 1.82) is 0 Å². The molecule has 0 unspecified atom stereocenters. The molecule has 7 nitrogen and oxygen atoms in total. The first kappa shape index (κ1) is 22.1. The number of nitrogens with one attached hydrogen (secondary N) is 2. The third-order valence-electron chi connectivity index (χ3n) is 6.37. The molecule has 4 heterocycles. The summed E-state index contributed by atoms with van der Waals surface area (Å²) in [5, 5.41) is 3.28. The van der Waals surface area contributed by atoms with Crippen LogP contribution in [0.2, 0.25) is 0 Å². The van der Waals surface area contributed by atoms with E-state index in [-0.39, 0.29) is 17.4 Å². The highest BCUT2D eigenvalue weighted by atomic mass is 16.3. The fraction of sp³-hybridized carbons (Fsp3) is 0.296. The number of anilines is 1. The lowest BCUT2D eigenvalue weighted by atomic mass is 9.90. The Bertz CT molecular complexity index is 1270. The maximum absolute atomic E-state index is 12.5. The number of hydrogen-bond acceptors (Lipinski definition) is 6. The highest BCUT2D eigenvalue weighted by molar-refractivity contribution is 5.30. The second-order valence-corrected chi connectivity index (χ2v) is 8.89. The molecule has 1 aliphatic heterocycles. The summed E-state index contributed by atoms with van der Waals surface area (Å²) in [5.41, 5.74) is 3.11. The molecule has 0 bridgehead atoms. The van der Waals surface area contributed by atoms with Gasteiger partial charge in [0, 0.05) is 56.5 Å². The summed E-state index contributed by atoms with van der Waals surface area (Å²) in [5.74, 6) is 2.56. The zero-order valence-corrected chi connectivity index (χ0v) is 19.3. The third kappa shape index (κ3) is 5.26. The van der Waals surface area contributed by atoms with Crippen LogP contribution in [0.3, 0.4) is 0 Å². The molecule has 0 spiro atoms. The minimum Gasteiger partial charge on any atom is -0.466 e. The molecule has 0 radical (unpaired) electrons. The van der Waals surface area contributed by atoms with Gasteiger partial charge in [-0.05, 0) is 48.7 Å². The molecular formula is C27H29N5O2. The molecule has 1 saturated heterocycles. The molecule has 174 valence electrons. The van der Waals surface area contributed by atoms with Gasteiger partial charge >= 0.3 is 0 Å². The first-order valence-electron chi connectivity index (χ1n) is 11.7. The zero-order valence-electron chi connectivity index (χ0n) is 19.3. The highest BCUT2D eigenvalue weighted by Crippen LogP contribution is 2.40. The van der Waals surface area contributed by atoms with Crippen LogP contribution in [0.5, 0.6) is 0 Å². The third-order valence-corrected chi connectivity index (χ3v) is 6.37. The lowest BCUT2D eigenvalue weighted by Gasteiger charge is -2.17. The molecule has 7 heteroatoms. The van der Waals surface area contributed by atoms with Crippen molar-refractivity contribution in [3.63, 3.8) is 0 Å². The summed E-state index contributed by atoms with van der Waals surface area (Å²) in [6, 6.07) is 20.1. The Morgan fingerprint density at radius 2 is 1.82 bits per heavy atom. The smallest absolute Gasteiger partial charge is 0.252 e. The van der Waals surface area contributed by atoms with Gasteiger partial charge in [-0.2, -0.15) is 0 Å². The summed E-state index contributed by atoms with van der Waals surface area (Å²) >= 11 is 0. The van der Waals surface area contributed by atoms with Crippen molar-refractivity contribution in [2.24, 2.45) is 0 Å². The van der Waals surface area contributed by atoms with Gasteiger partial charge in [0.2, 0.25) is 5.95 Å². The van der Waals surface area contributed by atoms with Gasteiger partial charge in [0.05, 0.1) is 5.69 Å². The van der Waals surface area contributed by atoms with Gasteiger partial charge in [0.15, 0.2) is 0 Å². The number of aromatic amines is 1. The Labute approximate surface area is 198 Å². The first-order valence-corrected chi connectivity index (χ1v) is 11.7. The molecule has 2 N–H and O–H groups in total. The maximum Gasteiger partial charge on any atom is 0.252 e. The van der Waals surface area contributed by atoms with Gasteiger partial charge in [-0.25, -0.2) is 4.98 Å². The first-order chi connectivity index (χ1) is 16.6. The highest BCUT2D eigenvalue weighted by Gasteiger charge is 2.38. The van der Waals surface area contributed by atoms with E-state index < -0.39 is 0 Å². The summed E-state index contributed by atoms with van der Waals surface area (Å²) in [4.78, 5) is 26.7. The van der Waals surface area contributed by atoms with Crippen LogP contribution in [0.1, 0.15) is 40.2 Å². The standard InChI is InChI=1S/C27H29N5O2/c1-19-7-8-25(34-19)23-18-32(16-21-5-3-2-4-6-21)17-22(23)24-15-26(33)31-27(30-24)29-14-11-20-9-12-28-13-10-20/h2-10,12-13,15,22-23H,11,14,16-18H2,1H3,(H2,29,30,31,33)/t22-,23-/m0/s1. The van der Waals surface area contributed by atoms with Crippen LogP contribution in [0.25, 0.3) is 0 Å². The van der Waals surface area contributed by atoms with Gasteiger partial charge in [-0.1, -0.05) is 30.3 Å². The Morgan fingerprint density at radius 1 is 1.03 bits per heavy atom. The van der Waals surface area contributed by atoms with E-state index in [9.17, 15) is 4.79 Å². The van der Waals surface area contributed by atoms with E-state index in [2.05, 4.69) is 50.5 Å². The fourth-order valence-corrected chi connectivity index (χ4v) is 4.72. The lowest BCUT2D eigenvalue weighted by molar-refractivity contribution is 0.319. The molecule has 0 aliphatic carbocycles. The number of aromatic nitrogens is 3. The van der Waals surface area contributed by atoms with E-state index in [1.807, 2.05) is 31.2 Å². The molecule has 34 heavy (non-hydrogen) atoms. The Kier molecular flexibility index (Phi) is 6.53. The molecule has 0 saturated carbocycles. The van der Waals surface area contributed by atoms with Crippen molar-refractivity contribution in [3.05, 3.63) is 112 Å². The van der Waals surface area contributed by atoms with Crippen LogP contribution in [0.4, 0.5) is 5.95 Å². The molecule has 2 atom stereocenters. The second-order valence-electron chi connectivity index (χ2n) is 8.89. The maximum atomic E-state index is 12.5. The summed E-state index contributed by atoms with van der Waals surface area (Å²) in [6.07, 6.45) is 4.39. The normalized spacial score (nSPS) is 18.3. The van der Waals surface area contributed by atoms with Crippen LogP contribution in [-0.4, -0.2) is 39.5 Å². The van der Waals surface area contributed by atoms with E-state index in [0.29, 0.717) is 12.5 Å². The lowest BCUT2D eigenvalue weighted by Crippen LogP contribution is -2.21. The van der Waals surface area contributed by atoms with Crippen molar-refractivity contribution >= 4 is 5.95 Å².